The molecule has 1 amide bonds. The average molecular weight is 291 g/mol. The van der Waals surface area contributed by atoms with Crippen molar-refractivity contribution in [1.29, 1.82) is 0 Å². The van der Waals surface area contributed by atoms with Crippen LogP contribution in [0.2, 0.25) is 0 Å². The van der Waals surface area contributed by atoms with Crippen molar-refractivity contribution in [1.82, 2.24) is 4.90 Å². The Hall–Kier alpha value is -1.55. The highest BCUT2D eigenvalue weighted by molar-refractivity contribution is 5.78. The summed E-state index contributed by atoms with van der Waals surface area (Å²) >= 11 is 0. The number of hydrogen-bond acceptors (Lipinski definition) is 3. The lowest BCUT2D eigenvalue weighted by atomic mass is 9.99. The lowest BCUT2D eigenvalue weighted by Gasteiger charge is -2.31. The second kappa shape index (κ2) is 7.46. The van der Waals surface area contributed by atoms with E-state index in [2.05, 4.69) is 13.8 Å². The molecule has 0 bridgehead atoms. The number of hydrogen-bond donors (Lipinski definition) is 1. The molecule has 0 radical (unpaired) electrons. The third kappa shape index (κ3) is 4.21. The SMILES string of the molecule is CC(C)c1ccccc1OCC(=O)N1CCCC(CO)C1. The van der Waals surface area contributed by atoms with Crippen LogP contribution in [0.5, 0.6) is 5.75 Å². The van der Waals surface area contributed by atoms with E-state index in [4.69, 9.17) is 4.74 Å². The number of ether oxygens (including phenoxy) is 1. The largest absolute Gasteiger partial charge is 0.483 e. The number of likely N-dealkylation sites (tertiary alicyclic amines) is 1. The molecule has 21 heavy (non-hydrogen) atoms. The Morgan fingerprint density at radius 1 is 1.43 bits per heavy atom. The molecule has 1 aliphatic heterocycles. The van der Waals surface area contributed by atoms with E-state index in [0.717, 1.165) is 30.7 Å². The topological polar surface area (TPSA) is 49.8 Å². The summed E-state index contributed by atoms with van der Waals surface area (Å²) in [4.78, 5) is 14.0. The molecule has 4 nitrogen and oxygen atoms in total. The predicted octanol–water partition coefficient (Wildman–Crippen LogP) is 2.42. The van der Waals surface area contributed by atoms with Gasteiger partial charge < -0.3 is 14.7 Å². The summed E-state index contributed by atoms with van der Waals surface area (Å²) in [5.74, 6) is 1.37. The Morgan fingerprint density at radius 2 is 2.19 bits per heavy atom. The number of aliphatic hydroxyl groups excluding tert-OH is 1. The lowest BCUT2D eigenvalue weighted by Crippen LogP contribution is -2.43. The van der Waals surface area contributed by atoms with Gasteiger partial charge in [0.2, 0.25) is 0 Å². The van der Waals surface area contributed by atoms with Crippen molar-refractivity contribution in [2.45, 2.75) is 32.6 Å². The molecule has 4 heteroatoms. The summed E-state index contributed by atoms with van der Waals surface area (Å²) in [6.45, 7) is 5.86. The molecule has 116 valence electrons. The Morgan fingerprint density at radius 3 is 2.90 bits per heavy atom. The molecule has 1 unspecified atom stereocenters. The number of nitrogens with zero attached hydrogens (tertiary/aromatic N) is 1. The van der Waals surface area contributed by atoms with Crippen LogP contribution in [0.1, 0.15) is 38.2 Å². The normalized spacial score (nSPS) is 18.9. The molecule has 1 aliphatic rings. The highest BCUT2D eigenvalue weighted by Gasteiger charge is 2.23. The Balaban J connectivity index is 1.92. The minimum absolute atomic E-state index is 0.00621. The molecule has 0 aliphatic carbocycles. The molecule has 2 rings (SSSR count). The Bertz CT molecular complexity index is 473. The second-order valence-corrected chi connectivity index (χ2v) is 6.01. The maximum Gasteiger partial charge on any atom is 0.260 e. The highest BCUT2D eigenvalue weighted by atomic mass is 16.5. The van der Waals surface area contributed by atoms with E-state index in [-0.39, 0.29) is 25.0 Å². The van der Waals surface area contributed by atoms with Crippen LogP contribution >= 0.6 is 0 Å². The van der Waals surface area contributed by atoms with Gasteiger partial charge in [0.05, 0.1) is 0 Å². The summed E-state index contributed by atoms with van der Waals surface area (Å²) in [5.41, 5.74) is 1.12. The zero-order chi connectivity index (χ0) is 15.2. The summed E-state index contributed by atoms with van der Waals surface area (Å²) in [6.07, 6.45) is 1.96. The monoisotopic (exact) mass is 291 g/mol. The molecule has 0 aromatic heterocycles. The van der Waals surface area contributed by atoms with E-state index in [0.29, 0.717) is 12.5 Å². The molecular formula is C17H25NO3. The first-order valence-electron chi connectivity index (χ1n) is 7.72. The molecule has 1 atom stereocenters. The van der Waals surface area contributed by atoms with Gasteiger partial charge >= 0.3 is 0 Å². The number of carbonyl (C=O) groups excluding carboxylic acids is 1. The molecule has 0 saturated carbocycles. The number of amides is 1. The molecule has 0 spiro atoms. The van der Waals surface area contributed by atoms with Crippen LogP contribution < -0.4 is 4.74 Å². The van der Waals surface area contributed by atoms with Crippen molar-refractivity contribution < 1.29 is 14.6 Å². The molecule has 1 N–H and O–H groups in total. The van der Waals surface area contributed by atoms with Gasteiger partial charge in [-0.25, -0.2) is 0 Å². The minimum Gasteiger partial charge on any atom is -0.483 e. The molecule has 1 aromatic rings. The van der Waals surface area contributed by atoms with Gasteiger partial charge in [-0.05, 0) is 36.3 Å². The van der Waals surface area contributed by atoms with Gasteiger partial charge in [0.25, 0.3) is 5.91 Å². The quantitative estimate of drug-likeness (QED) is 0.906. The van der Waals surface area contributed by atoms with Crippen LogP contribution in [0.4, 0.5) is 0 Å². The maximum absolute atomic E-state index is 12.2. The number of benzene rings is 1. The molecule has 1 aromatic carbocycles. The number of rotatable bonds is 5. The third-order valence-electron chi connectivity index (χ3n) is 4.02. The van der Waals surface area contributed by atoms with Crippen molar-refractivity contribution in [3.63, 3.8) is 0 Å². The summed E-state index contributed by atoms with van der Waals surface area (Å²) < 4.78 is 5.73. The average Bonchev–Trinajstić information content (AvgIpc) is 2.52. The number of aliphatic hydroxyl groups is 1. The van der Waals surface area contributed by atoms with Crippen molar-refractivity contribution in [3.05, 3.63) is 29.8 Å². The van der Waals surface area contributed by atoms with E-state index in [1.165, 1.54) is 0 Å². The maximum atomic E-state index is 12.2. The first-order chi connectivity index (χ1) is 10.1. The number of carbonyl (C=O) groups is 1. The fraction of sp³-hybridized carbons (Fsp3) is 0.588. The van der Waals surface area contributed by atoms with Gasteiger partial charge in [-0.3, -0.25) is 4.79 Å². The Labute approximate surface area is 126 Å². The molecule has 1 heterocycles. The molecule has 1 fully saturated rings. The fourth-order valence-corrected chi connectivity index (χ4v) is 2.76. The zero-order valence-corrected chi connectivity index (χ0v) is 12.9. The zero-order valence-electron chi connectivity index (χ0n) is 12.9. The third-order valence-corrected chi connectivity index (χ3v) is 4.02. The molecule has 1 saturated heterocycles. The van der Waals surface area contributed by atoms with Crippen molar-refractivity contribution >= 4 is 5.91 Å². The van der Waals surface area contributed by atoms with Gasteiger partial charge in [0.1, 0.15) is 5.75 Å². The van der Waals surface area contributed by atoms with Gasteiger partial charge in [-0.1, -0.05) is 32.0 Å². The predicted molar refractivity (Wildman–Crippen MR) is 82.4 cm³/mol. The standard InChI is InChI=1S/C17H25NO3/c1-13(2)15-7-3-4-8-16(15)21-12-17(20)18-9-5-6-14(10-18)11-19/h3-4,7-8,13-14,19H,5-6,9-12H2,1-2H3. The van der Waals surface area contributed by atoms with Crippen molar-refractivity contribution in [2.75, 3.05) is 26.3 Å². The Kier molecular flexibility index (Phi) is 5.62. The molecular weight excluding hydrogens is 266 g/mol. The fourth-order valence-electron chi connectivity index (χ4n) is 2.76. The van der Waals surface area contributed by atoms with E-state index >= 15 is 0 Å². The summed E-state index contributed by atoms with van der Waals surface area (Å²) in [7, 11) is 0. The van der Waals surface area contributed by atoms with Crippen LogP contribution in [-0.4, -0.2) is 42.2 Å². The second-order valence-electron chi connectivity index (χ2n) is 6.01. The van der Waals surface area contributed by atoms with Crippen molar-refractivity contribution in [3.8, 4) is 5.75 Å². The van der Waals surface area contributed by atoms with Crippen LogP contribution in [0.15, 0.2) is 24.3 Å². The first kappa shape index (κ1) is 15.8. The van der Waals surface area contributed by atoms with E-state index in [1.54, 1.807) is 0 Å². The summed E-state index contributed by atoms with van der Waals surface area (Å²) in [5, 5.41) is 9.23. The lowest BCUT2D eigenvalue weighted by molar-refractivity contribution is -0.135. The van der Waals surface area contributed by atoms with Gasteiger partial charge in [0.15, 0.2) is 6.61 Å². The van der Waals surface area contributed by atoms with Crippen LogP contribution in [0.3, 0.4) is 0 Å². The minimum atomic E-state index is 0.00621. The van der Waals surface area contributed by atoms with E-state index in [9.17, 15) is 9.90 Å². The van der Waals surface area contributed by atoms with Crippen LogP contribution in [0, 0.1) is 5.92 Å². The first-order valence-corrected chi connectivity index (χ1v) is 7.72. The summed E-state index contributed by atoms with van der Waals surface area (Å²) in [6, 6.07) is 7.86. The van der Waals surface area contributed by atoms with Gasteiger partial charge in [0, 0.05) is 19.7 Å². The smallest absolute Gasteiger partial charge is 0.260 e. The highest BCUT2D eigenvalue weighted by Crippen LogP contribution is 2.26. The van der Waals surface area contributed by atoms with E-state index in [1.807, 2.05) is 29.2 Å². The van der Waals surface area contributed by atoms with Gasteiger partial charge in [-0.2, -0.15) is 0 Å². The van der Waals surface area contributed by atoms with Crippen LogP contribution in [0.25, 0.3) is 0 Å². The van der Waals surface area contributed by atoms with E-state index < -0.39 is 0 Å². The number of para-hydroxylation sites is 1. The van der Waals surface area contributed by atoms with Crippen molar-refractivity contribution in [2.24, 2.45) is 5.92 Å². The number of piperidine rings is 1. The van der Waals surface area contributed by atoms with Gasteiger partial charge in [-0.15, -0.1) is 0 Å². The van der Waals surface area contributed by atoms with Crippen LogP contribution in [-0.2, 0) is 4.79 Å².